The molecule has 0 spiro atoms. The number of benzene rings is 1. The highest BCUT2D eigenvalue weighted by Crippen LogP contribution is 2.29. The maximum absolute atomic E-state index is 5.46. The van der Waals surface area contributed by atoms with Crippen molar-refractivity contribution in [1.29, 1.82) is 0 Å². The lowest BCUT2D eigenvalue weighted by Crippen LogP contribution is -2.27. The molecular weight excluding hydrogens is 266 g/mol. The number of aromatic nitrogens is 1. The molecule has 1 aromatic heterocycles. The van der Waals surface area contributed by atoms with E-state index < -0.39 is 0 Å². The average Bonchev–Trinajstić information content (AvgIpc) is 2.71. The van der Waals surface area contributed by atoms with E-state index in [2.05, 4.69) is 15.6 Å². The fourth-order valence-electron chi connectivity index (χ4n) is 1.52. The summed E-state index contributed by atoms with van der Waals surface area (Å²) in [5, 5.41) is 7.50. The van der Waals surface area contributed by atoms with Crippen LogP contribution in [0.2, 0.25) is 0 Å². The molecule has 6 heteroatoms. The first kappa shape index (κ1) is 13.0. The van der Waals surface area contributed by atoms with Crippen molar-refractivity contribution < 1.29 is 4.74 Å². The molecule has 0 aliphatic heterocycles. The number of ether oxygens (including phenoxy) is 1. The lowest BCUT2D eigenvalue weighted by Gasteiger charge is -2.04. The highest BCUT2D eigenvalue weighted by atomic mass is 32.1. The van der Waals surface area contributed by atoms with Crippen molar-refractivity contribution in [3.63, 3.8) is 0 Å². The first-order valence-corrected chi connectivity index (χ1v) is 7.03. The number of thiocarbonyl (C=S) groups is 1. The molecule has 2 aromatic rings. The summed E-state index contributed by atoms with van der Waals surface area (Å²) >= 11 is 6.69. The van der Waals surface area contributed by atoms with Gasteiger partial charge in [-0.1, -0.05) is 11.3 Å². The molecule has 1 heterocycles. The Kier molecular flexibility index (Phi) is 4.33. The maximum Gasteiger partial charge on any atom is 0.190 e. The molecule has 0 aliphatic rings. The van der Waals surface area contributed by atoms with Crippen molar-refractivity contribution in [3.8, 4) is 5.75 Å². The zero-order valence-electron chi connectivity index (χ0n) is 10.3. The molecule has 96 valence electrons. The van der Waals surface area contributed by atoms with Crippen LogP contribution in [0, 0.1) is 0 Å². The molecule has 4 nitrogen and oxygen atoms in total. The van der Waals surface area contributed by atoms with Gasteiger partial charge in [0.15, 0.2) is 10.2 Å². The van der Waals surface area contributed by atoms with Crippen LogP contribution in [-0.2, 0) is 0 Å². The summed E-state index contributed by atoms with van der Waals surface area (Å²) in [7, 11) is 0. The summed E-state index contributed by atoms with van der Waals surface area (Å²) < 4.78 is 6.55. The number of hydrogen-bond donors (Lipinski definition) is 2. The second kappa shape index (κ2) is 5.97. The van der Waals surface area contributed by atoms with Crippen molar-refractivity contribution in [2.45, 2.75) is 13.8 Å². The van der Waals surface area contributed by atoms with Gasteiger partial charge in [0.2, 0.25) is 0 Å². The number of anilines is 1. The molecule has 2 N–H and O–H groups in total. The largest absolute Gasteiger partial charge is 0.494 e. The predicted octanol–water partition coefficient (Wildman–Crippen LogP) is 3.00. The van der Waals surface area contributed by atoms with Gasteiger partial charge in [-0.15, -0.1) is 0 Å². The van der Waals surface area contributed by atoms with Gasteiger partial charge in [-0.05, 0) is 44.3 Å². The predicted molar refractivity (Wildman–Crippen MR) is 80.7 cm³/mol. The third kappa shape index (κ3) is 3.08. The molecule has 0 unspecified atom stereocenters. The Morgan fingerprint density at radius 3 is 3.00 bits per heavy atom. The molecule has 2 rings (SSSR count). The van der Waals surface area contributed by atoms with Gasteiger partial charge in [0, 0.05) is 6.54 Å². The molecule has 18 heavy (non-hydrogen) atoms. The number of hydrogen-bond acceptors (Lipinski definition) is 4. The van der Waals surface area contributed by atoms with Crippen LogP contribution in [0.15, 0.2) is 18.2 Å². The topological polar surface area (TPSA) is 46.2 Å². The smallest absolute Gasteiger partial charge is 0.190 e. The zero-order chi connectivity index (χ0) is 13.0. The van der Waals surface area contributed by atoms with Crippen molar-refractivity contribution in [2.24, 2.45) is 0 Å². The highest BCUT2D eigenvalue weighted by molar-refractivity contribution is 7.80. The Hall–Kier alpha value is -1.40. The van der Waals surface area contributed by atoms with Crippen LogP contribution in [0.4, 0.5) is 5.13 Å². The zero-order valence-corrected chi connectivity index (χ0v) is 12.0. The minimum Gasteiger partial charge on any atom is -0.494 e. The van der Waals surface area contributed by atoms with E-state index in [-0.39, 0.29) is 0 Å². The van der Waals surface area contributed by atoms with Gasteiger partial charge in [0.25, 0.3) is 0 Å². The van der Waals surface area contributed by atoms with E-state index in [9.17, 15) is 0 Å². The van der Waals surface area contributed by atoms with E-state index in [0.29, 0.717) is 11.7 Å². The van der Waals surface area contributed by atoms with E-state index >= 15 is 0 Å². The minimum absolute atomic E-state index is 0.599. The fraction of sp³-hybridized carbons (Fsp3) is 0.333. The van der Waals surface area contributed by atoms with Crippen molar-refractivity contribution in [2.75, 3.05) is 18.5 Å². The molecule has 0 saturated heterocycles. The Labute approximate surface area is 115 Å². The van der Waals surface area contributed by atoms with Gasteiger partial charge in [-0.3, -0.25) is 0 Å². The third-order valence-electron chi connectivity index (χ3n) is 2.23. The van der Waals surface area contributed by atoms with Crippen molar-refractivity contribution in [3.05, 3.63) is 18.2 Å². The van der Waals surface area contributed by atoms with Crippen LogP contribution in [0.1, 0.15) is 13.8 Å². The highest BCUT2D eigenvalue weighted by Gasteiger charge is 2.06. The summed E-state index contributed by atoms with van der Waals surface area (Å²) in [6.45, 7) is 5.44. The van der Waals surface area contributed by atoms with Gasteiger partial charge < -0.3 is 15.4 Å². The van der Waals surface area contributed by atoms with E-state index in [4.69, 9.17) is 17.0 Å². The van der Waals surface area contributed by atoms with Crippen LogP contribution in [0.3, 0.4) is 0 Å². The number of thiazole rings is 1. The van der Waals surface area contributed by atoms with Gasteiger partial charge in [0.1, 0.15) is 5.75 Å². The van der Waals surface area contributed by atoms with Crippen LogP contribution in [0.25, 0.3) is 10.2 Å². The molecular formula is C12H15N3OS2. The quantitative estimate of drug-likeness (QED) is 0.844. The molecule has 1 aromatic carbocycles. The van der Waals surface area contributed by atoms with Crippen LogP contribution >= 0.6 is 23.6 Å². The number of rotatable bonds is 4. The normalized spacial score (nSPS) is 10.3. The van der Waals surface area contributed by atoms with Crippen LogP contribution in [-0.4, -0.2) is 23.2 Å². The molecule has 0 amide bonds. The van der Waals surface area contributed by atoms with E-state index in [0.717, 1.165) is 27.6 Å². The second-order valence-electron chi connectivity index (χ2n) is 3.57. The molecule has 0 saturated carbocycles. The maximum atomic E-state index is 5.46. The first-order chi connectivity index (χ1) is 8.72. The number of fused-ring (bicyclic) bond motifs is 1. The third-order valence-corrected chi connectivity index (χ3v) is 3.41. The van der Waals surface area contributed by atoms with Crippen molar-refractivity contribution >= 4 is 44.0 Å². The van der Waals surface area contributed by atoms with Crippen LogP contribution < -0.4 is 15.4 Å². The first-order valence-electron chi connectivity index (χ1n) is 5.81. The van der Waals surface area contributed by atoms with Gasteiger partial charge in [0.05, 0.1) is 16.8 Å². The van der Waals surface area contributed by atoms with Gasteiger partial charge in [-0.25, -0.2) is 4.98 Å². The Morgan fingerprint density at radius 1 is 1.44 bits per heavy atom. The van der Waals surface area contributed by atoms with Crippen LogP contribution in [0.5, 0.6) is 5.75 Å². The summed E-state index contributed by atoms with van der Waals surface area (Å²) in [5.74, 6) is 0.870. The van der Waals surface area contributed by atoms with E-state index in [1.54, 1.807) is 11.3 Å². The number of nitrogens with one attached hydrogen (secondary N) is 2. The van der Waals surface area contributed by atoms with Gasteiger partial charge >= 0.3 is 0 Å². The summed E-state index contributed by atoms with van der Waals surface area (Å²) in [6, 6.07) is 5.88. The standard InChI is InChI=1S/C12H15N3OS2/c1-3-13-11(17)15-12-14-9-6-5-8(16-4-2)7-10(9)18-12/h5-7H,3-4H2,1-2H3,(H2,13,14,15,17). The van der Waals surface area contributed by atoms with E-state index in [1.165, 1.54) is 0 Å². The number of nitrogens with zero attached hydrogens (tertiary/aromatic N) is 1. The monoisotopic (exact) mass is 281 g/mol. The Morgan fingerprint density at radius 2 is 2.28 bits per heavy atom. The Bertz CT molecular complexity index is 553. The summed E-state index contributed by atoms with van der Waals surface area (Å²) in [5.41, 5.74) is 0.949. The fourth-order valence-corrected chi connectivity index (χ4v) is 2.72. The summed E-state index contributed by atoms with van der Waals surface area (Å²) in [6.07, 6.45) is 0. The molecule has 0 bridgehead atoms. The minimum atomic E-state index is 0.599. The molecule has 0 fully saturated rings. The lowest BCUT2D eigenvalue weighted by molar-refractivity contribution is 0.341. The SMILES string of the molecule is CCNC(=S)Nc1nc2ccc(OCC)cc2s1. The van der Waals surface area contributed by atoms with Gasteiger partial charge in [-0.2, -0.15) is 0 Å². The molecule has 0 aliphatic carbocycles. The van der Waals surface area contributed by atoms with E-state index in [1.807, 2.05) is 32.0 Å². The molecule has 0 atom stereocenters. The summed E-state index contributed by atoms with van der Waals surface area (Å²) in [4.78, 5) is 4.46. The Balaban J connectivity index is 2.19. The lowest BCUT2D eigenvalue weighted by atomic mass is 10.3. The van der Waals surface area contributed by atoms with Crippen molar-refractivity contribution in [1.82, 2.24) is 10.3 Å². The average molecular weight is 281 g/mol. The molecule has 0 radical (unpaired) electrons. The second-order valence-corrected chi connectivity index (χ2v) is 5.00.